The van der Waals surface area contributed by atoms with Gasteiger partial charge >= 0.3 is 12.3 Å². The molecule has 1 heterocycles. The van der Waals surface area contributed by atoms with E-state index in [2.05, 4.69) is 4.74 Å². The first kappa shape index (κ1) is 18.5. The summed E-state index contributed by atoms with van der Waals surface area (Å²) in [5.41, 5.74) is 0.907. The average molecular weight is 350 g/mol. The second kappa shape index (κ2) is 7.80. The largest absolute Gasteiger partial charge is 0.434 e. The lowest BCUT2D eigenvalue weighted by Gasteiger charge is -2.34. The number of nitrogens with zero attached hydrogens (tertiary/aromatic N) is 2. The Morgan fingerprint density at radius 1 is 1.17 bits per heavy atom. The number of piperazine rings is 1. The van der Waals surface area contributed by atoms with Crippen molar-refractivity contribution in [1.82, 2.24) is 9.80 Å². The van der Waals surface area contributed by atoms with Crippen LogP contribution in [-0.2, 0) is 11.3 Å². The van der Waals surface area contributed by atoms with Crippen LogP contribution in [0.25, 0.3) is 0 Å². The molecule has 9 heteroatoms. The van der Waals surface area contributed by atoms with Crippen LogP contribution in [0.2, 0.25) is 0 Å². The molecule has 0 aliphatic carbocycles. The van der Waals surface area contributed by atoms with Gasteiger partial charge in [0.25, 0.3) is 0 Å². The van der Waals surface area contributed by atoms with Crippen LogP contribution in [0.1, 0.15) is 5.56 Å². The Hall–Kier alpha value is -1.87. The monoisotopic (exact) mass is 350 g/mol. The highest BCUT2D eigenvalue weighted by atomic mass is 19.4. The number of hydrogen-bond acceptors (Lipinski definition) is 4. The lowest BCUT2D eigenvalue weighted by Crippen LogP contribution is -2.50. The number of aliphatic hydroxyl groups excluding tert-OH is 1. The molecule has 1 amide bonds. The third-order valence-corrected chi connectivity index (χ3v) is 3.72. The quantitative estimate of drug-likeness (QED) is 0.844. The van der Waals surface area contributed by atoms with E-state index < -0.39 is 25.0 Å². The van der Waals surface area contributed by atoms with E-state index >= 15 is 0 Å². The Bertz CT molecular complexity index is 543. The summed E-state index contributed by atoms with van der Waals surface area (Å²) in [6.07, 6.45) is -8.40. The zero-order valence-electron chi connectivity index (χ0n) is 12.8. The normalized spacial score (nSPS) is 17.6. The number of hydrogen-bond donors (Lipinski definition) is 1. The van der Waals surface area contributed by atoms with Gasteiger partial charge in [0.05, 0.1) is 6.61 Å². The van der Waals surface area contributed by atoms with E-state index in [1.165, 1.54) is 17.0 Å². The van der Waals surface area contributed by atoms with Crippen LogP contribution in [0.5, 0.6) is 0 Å². The van der Waals surface area contributed by atoms with E-state index in [1.54, 1.807) is 12.1 Å². The maximum absolute atomic E-state index is 12.9. The lowest BCUT2D eigenvalue weighted by atomic mass is 10.2. The number of benzene rings is 1. The van der Waals surface area contributed by atoms with Crippen molar-refractivity contribution in [2.45, 2.75) is 18.8 Å². The molecule has 1 saturated heterocycles. The third-order valence-electron chi connectivity index (χ3n) is 3.72. The van der Waals surface area contributed by atoms with Crippen LogP contribution in [-0.4, -0.2) is 66.1 Å². The summed E-state index contributed by atoms with van der Waals surface area (Å²) < 4.78 is 54.6. The first-order valence-electron chi connectivity index (χ1n) is 7.39. The molecule has 1 fully saturated rings. The standard InChI is InChI=1S/C15H18F4N2O3/c16-12-3-1-11(2-4-12)9-20-5-7-21(8-6-20)14(23)24-13(10-22)15(17,18)19/h1-4,13,22H,5-10H2/t13-/m1/s1. The highest BCUT2D eigenvalue weighted by molar-refractivity contribution is 5.68. The molecule has 2 rings (SSSR count). The van der Waals surface area contributed by atoms with E-state index in [0.29, 0.717) is 19.6 Å². The number of carbonyl (C=O) groups is 1. The highest BCUT2D eigenvalue weighted by Crippen LogP contribution is 2.23. The van der Waals surface area contributed by atoms with Gasteiger partial charge < -0.3 is 14.7 Å². The maximum Gasteiger partial charge on any atom is 0.427 e. The van der Waals surface area contributed by atoms with Crippen molar-refractivity contribution in [2.24, 2.45) is 0 Å². The van der Waals surface area contributed by atoms with Gasteiger partial charge in [-0.25, -0.2) is 9.18 Å². The van der Waals surface area contributed by atoms with E-state index in [-0.39, 0.29) is 18.9 Å². The van der Waals surface area contributed by atoms with Crippen LogP contribution in [0, 0.1) is 5.82 Å². The molecule has 1 N–H and O–H groups in total. The van der Waals surface area contributed by atoms with Gasteiger partial charge in [-0.1, -0.05) is 12.1 Å². The van der Waals surface area contributed by atoms with E-state index in [0.717, 1.165) is 5.56 Å². The first-order chi connectivity index (χ1) is 11.3. The fourth-order valence-electron chi connectivity index (χ4n) is 2.34. The van der Waals surface area contributed by atoms with Gasteiger partial charge in [0, 0.05) is 32.7 Å². The van der Waals surface area contributed by atoms with Gasteiger partial charge in [-0.3, -0.25) is 4.90 Å². The molecule has 5 nitrogen and oxygen atoms in total. The van der Waals surface area contributed by atoms with E-state index in [4.69, 9.17) is 5.11 Å². The van der Waals surface area contributed by atoms with E-state index in [1.807, 2.05) is 4.90 Å². The molecule has 134 valence electrons. The molecule has 24 heavy (non-hydrogen) atoms. The molecule has 1 aromatic rings. The molecule has 0 aromatic heterocycles. The molecule has 1 atom stereocenters. The van der Waals surface area contributed by atoms with Crippen molar-refractivity contribution >= 4 is 6.09 Å². The van der Waals surface area contributed by atoms with Gasteiger partial charge in [0.15, 0.2) is 0 Å². The van der Waals surface area contributed by atoms with Crippen LogP contribution >= 0.6 is 0 Å². The zero-order chi connectivity index (χ0) is 17.7. The second-order valence-corrected chi connectivity index (χ2v) is 5.49. The summed E-state index contributed by atoms with van der Waals surface area (Å²) >= 11 is 0. The SMILES string of the molecule is O=C(O[C@H](CO)C(F)(F)F)N1CCN(Cc2ccc(F)cc2)CC1. The van der Waals surface area contributed by atoms with Crippen LogP contribution in [0.4, 0.5) is 22.4 Å². The fourth-order valence-corrected chi connectivity index (χ4v) is 2.34. The summed E-state index contributed by atoms with van der Waals surface area (Å²) in [7, 11) is 0. The number of carbonyl (C=O) groups excluding carboxylic acids is 1. The number of halogens is 4. The van der Waals surface area contributed by atoms with Gasteiger partial charge in [-0.2, -0.15) is 13.2 Å². The van der Waals surface area contributed by atoms with Crippen molar-refractivity contribution < 1.29 is 32.2 Å². The summed E-state index contributed by atoms with van der Waals surface area (Å²) in [4.78, 5) is 14.9. The zero-order valence-corrected chi connectivity index (χ0v) is 12.8. The Labute approximate surface area is 136 Å². The van der Waals surface area contributed by atoms with Crippen molar-refractivity contribution in [3.63, 3.8) is 0 Å². The maximum atomic E-state index is 12.9. The van der Waals surface area contributed by atoms with Crippen LogP contribution < -0.4 is 0 Å². The summed E-state index contributed by atoms with van der Waals surface area (Å²) in [5, 5.41) is 8.68. The molecule has 1 aliphatic rings. The summed E-state index contributed by atoms with van der Waals surface area (Å²) in [6, 6.07) is 6.03. The smallest absolute Gasteiger partial charge is 0.427 e. The Morgan fingerprint density at radius 2 is 1.75 bits per heavy atom. The molecule has 0 bridgehead atoms. The lowest BCUT2D eigenvalue weighted by molar-refractivity contribution is -0.214. The minimum atomic E-state index is -4.80. The minimum Gasteiger partial charge on any atom is -0.434 e. The molecule has 0 unspecified atom stereocenters. The predicted molar refractivity (Wildman–Crippen MR) is 76.7 cm³/mol. The number of rotatable bonds is 4. The number of amides is 1. The third kappa shape index (κ3) is 5.07. The molecule has 0 radical (unpaired) electrons. The van der Waals surface area contributed by atoms with Crippen molar-refractivity contribution in [1.29, 1.82) is 0 Å². The molecule has 0 saturated carbocycles. The van der Waals surface area contributed by atoms with Gasteiger partial charge in [-0.05, 0) is 17.7 Å². The Kier molecular flexibility index (Phi) is 6.00. The second-order valence-electron chi connectivity index (χ2n) is 5.49. The average Bonchev–Trinajstić information content (AvgIpc) is 2.54. The van der Waals surface area contributed by atoms with Gasteiger partial charge in [0.1, 0.15) is 5.82 Å². The fraction of sp³-hybridized carbons (Fsp3) is 0.533. The first-order valence-corrected chi connectivity index (χ1v) is 7.39. The number of ether oxygens (including phenoxy) is 1. The topological polar surface area (TPSA) is 53.0 Å². The number of alkyl halides is 3. The molecule has 1 aromatic carbocycles. The summed E-state index contributed by atoms with van der Waals surface area (Å²) in [6.45, 7) is 0.612. The van der Waals surface area contributed by atoms with Crippen LogP contribution in [0.3, 0.4) is 0 Å². The van der Waals surface area contributed by atoms with Crippen molar-refractivity contribution in [3.8, 4) is 0 Å². The summed E-state index contributed by atoms with van der Waals surface area (Å²) in [5.74, 6) is -0.325. The minimum absolute atomic E-state index is 0.218. The van der Waals surface area contributed by atoms with Gasteiger partial charge in [-0.15, -0.1) is 0 Å². The highest BCUT2D eigenvalue weighted by Gasteiger charge is 2.43. The molecular formula is C15H18F4N2O3. The Balaban J connectivity index is 1.81. The van der Waals surface area contributed by atoms with E-state index in [9.17, 15) is 22.4 Å². The molecule has 1 aliphatic heterocycles. The van der Waals surface area contributed by atoms with Crippen molar-refractivity contribution in [2.75, 3.05) is 32.8 Å². The number of aliphatic hydroxyl groups is 1. The molecule has 0 spiro atoms. The molecular weight excluding hydrogens is 332 g/mol. The van der Waals surface area contributed by atoms with Gasteiger partial charge in [0.2, 0.25) is 6.10 Å². The Morgan fingerprint density at radius 3 is 2.25 bits per heavy atom. The predicted octanol–water partition coefficient (Wildman–Crippen LogP) is 2.00. The van der Waals surface area contributed by atoms with Crippen molar-refractivity contribution in [3.05, 3.63) is 35.6 Å². The van der Waals surface area contributed by atoms with Crippen LogP contribution in [0.15, 0.2) is 24.3 Å².